The molecule has 124 valence electrons. The third kappa shape index (κ3) is 3.17. The van der Waals surface area contributed by atoms with Crippen LogP contribution in [0.15, 0.2) is 60.8 Å². The number of aryl methyl sites for hydroxylation is 1. The standard InChI is InChI=1S/C20H18N4O/c1-13-5-4-6-14(9-13)10-15-11-19(24-23-15)21-12-17-16-7-2-3-8-18(16)22-20(17)25/h2-9,11-12H,10H2,1H3,(H,22,25)(H2,21,23,24). The zero-order valence-electron chi connectivity index (χ0n) is 13.8. The highest BCUT2D eigenvalue weighted by Gasteiger charge is 2.23. The van der Waals surface area contributed by atoms with Crippen molar-refractivity contribution in [2.45, 2.75) is 13.3 Å². The second-order valence-electron chi connectivity index (χ2n) is 6.14. The van der Waals surface area contributed by atoms with Crippen molar-refractivity contribution >= 4 is 23.0 Å². The van der Waals surface area contributed by atoms with E-state index in [4.69, 9.17) is 0 Å². The lowest BCUT2D eigenvalue weighted by molar-refractivity contribution is -0.110. The lowest BCUT2D eigenvalue weighted by Crippen LogP contribution is -2.05. The topological polar surface area (TPSA) is 69.8 Å². The maximum atomic E-state index is 12.1. The second-order valence-corrected chi connectivity index (χ2v) is 6.14. The molecular formula is C20H18N4O. The van der Waals surface area contributed by atoms with E-state index in [9.17, 15) is 4.79 Å². The number of hydrogen-bond donors (Lipinski definition) is 3. The van der Waals surface area contributed by atoms with Gasteiger partial charge in [-0.05, 0) is 18.6 Å². The molecule has 0 atom stereocenters. The number of para-hydroxylation sites is 1. The maximum absolute atomic E-state index is 12.1. The van der Waals surface area contributed by atoms with Gasteiger partial charge in [-0.25, -0.2) is 0 Å². The van der Waals surface area contributed by atoms with E-state index in [1.165, 1.54) is 11.1 Å². The third-order valence-corrected chi connectivity index (χ3v) is 4.18. The summed E-state index contributed by atoms with van der Waals surface area (Å²) in [5, 5.41) is 13.3. The third-order valence-electron chi connectivity index (χ3n) is 4.18. The SMILES string of the molecule is Cc1cccc(Cc2cc(NC=C3C(=O)Nc4ccccc43)[nH]n2)c1. The summed E-state index contributed by atoms with van der Waals surface area (Å²) in [5.74, 6) is 0.653. The molecule has 1 aliphatic heterocycles. The molecule has 4 rings (SSSR count). The van der Waals surface area contributed by atoms with Crippen LogP contribution in [0, 0.1) is 6.92 Å². The van der Waals surface area contributed by atoms with Gasteiger partial charge in [0.25, 0.3) is 5.91 Å². The van der Waals surface area contributed by atoms with Gasteiger partial charge >= 0.3 is 0 Å². The van der Waals surface area contributed by atoms with Crippen molar-refractivity contribution in [3.05, 3.63) is 83.2 Å². The van der Waals surface area contributed by atoms with Crippen molar-refractivity contribution < 1.29 is 4.79 Å². The predicted molar refractivity (Wildman–Crippen MR) is 99.2 cm³/mol. The quantitative estimate of drug-likeness (QED) is 0.639. The number of H-pyrrole nitrogens is 1. The summed E-state index contributed by atoms with van der Waals surface area (Å²) in [4.78, 5) is 12.1. The summed E-state index contributed by atoms with van der Waals surface area (Å²) >= 11 is 0. The van der Waals surface area contributed by atoms with Crippen molar-refractivity contribution in [3.63, 3.8) is 0 Å². The average Bonchev–Trinajstić information content (AvgIpc) is 3.16. The number of fused-ring (bicyclic) bond motifs is 1. The van der Waals surface area contributed by atoms with Gasteiger partial charge in [-0.2, -0.15) is 5.10 Å². The average molecular weight is 330 g/mol. The van der Waals surface area contributed by atoms with Crippen molar-refractivity contribution in [1.29, 1.82) is 0 Å². The molecule has 0 aliphatic carbocycles. The van der Waals surface area contributed by atoms with Crippen LogP contribution >= 0.6 is 0 Å². The summed E-state index contributed by atoms with van der Waals surface area (Å²) in [5.41, 5.74) is 5.76. The minimum atomic E-state index is -0.104. The minimum Gasteiger partial charge on any atom is -0.346 e. The Balaban J connectivity index is 1.49. The monoisotopic (exact) mass is 330 g/mol. The van der Waals surface area contributed by atoms with Crippen LogP contribution in [0.1, 0.15) is 22.4 Å². The van der Waals surface area contributed by atoms with Crippen LogP contribution in [0.5, 0.6) is 0 Å². The van der Waals surface area contributed by atoms with Crippen molar-refractivity contribution in [2.75, 3.05) is 10.6 Å². The predicted octanol–water partition coefficient (Wildman–Crippen LogP) is 3.71. The normalized spacial score (nSPS) is 14.4. The van der Waals surface area contributed by atoms with Crippen molar-refractivity contribution in [3.8, 4) is 0 Å². The summed E-state index contributed by atoms with van der Waals surface area (Å²) in [6, 6.07) is 18.0. The van der Waals surface area contributed by atoms with Crippen LogP contribution in [-0.4, -0.2) is 16.1 Å². The Bertz CT molecular complexity index is 971. The number of benzene rings is 2. The number of carbonyl (C=O) groups excluding carboxylic acids is 1. The molecule has 5 heteroatoms. The van der Waals surface area contributed by atoms with E-state index >= 15 is 0 Å². The fraction of sp³-hybridized carbons (Fsp3) is 0.100. The molecule has 0 fully saturated rings. The molecule has 0 unspecified atom stereocenters. The molecule has 1 aliphatic rings. The highest BCUT2D eigenvalue weighted by atomic mass is 16.2. The number of anilines is 2. The Morgan fingerprint density at radius 1 is 1.12 bits per heavy atom. The fourth-order valence-electron chi connectivity index (χ4n) is 2.99. The zero-order chi connectivity index (χ0) is 17.2. The lowest BCUT2D eigenvalue weighted by Gasteiger charge is -2.00. The first-order valence-corrected chi connectivity index (χ1v) is 8.16. The van der Waals surface area contributed by atoms with E-state index in [1.807, 2.05) is 30.3 Å². The number of hydrogen-bond acceptors (Lipinski definition) is 3. The van der Waals surface area contributed by atoms with E-state index in [0.29, 0.717) is 5.57 Å². The first-order valence-electron chi connectivity index (χ1n) is 8.16. The van der Waals surface area contributed by atoms with E-state index in [-0.39, 0.29) is 5.91 Å². The van der Waals surface area contributed by atoms with Crippen molar-refractivity contribution in [1.82, 2.24) is 10.2 Å². The first-order chi connectivity index (χ1) is 12.2. The molecule has 2 aromatic carbocycles. The largest absolute Gasteiger partial charge is 0.346 e. The van der Waals surface area contributed by atoms with E-state index in [2.05, 4.69) is 52.0 Å². The number of aromatic amines is 1. The molecule has 3 aromatic rings. The lowest BCUT2D eigenvalue weighted by atomic mass is 10.1. The molecule has 5 nitrogen and oxygen atoms in total. The number of carbonyl (C=O) groups is 1. The molecule has 1 amide bonds. The molecule has 0 spiro atoms. The molecule has 0 saturated heterocycles. The Morgan fingerprint density at radius 2 is 2.00 bits per heavy atom. The van der Waals surface area contributed by atoms with Crippen LogP contribution in [0.3, 0.4) is 0 Å². The number of nitrogens with zero attached hydrogens (tertiary/aromatic N) is 1. The number of nitrogens with one attached hydrogen (secondary N) is 3. The first kappa shape index (κ1) is 15.2. The summed E-state index contributed by atoms with van der Waals surface area (Å²) in [6.45, 7) is 2.08. The van der Waals surface area contributed by atoms with Crippen molar-refractivity contribution in [2.24, 2.45) is 0 Å². The molecule has 0 bridgehead atoms. The summed E-state index contributed by atoms with van der Waals surface area (Å²) < 4.78 is 0. The number of amides is 1. The van der Waals surface area contributed by atoms with Crippen LogP contribution < -0.4 is 10.6 Å². The van der Waals surface area contributed by atoms with Gasteiger partial charge in [0.15, 0.2) is 0 Å². The summed E-state index contributed by atoms with van der Waals surface area (Å²) in [7, 11) is 0. The van der Waals surface area contributed by atoms with Gasteiger partial charge in [0.1, 0.15) is 5.82 Å². The smallest absolute Gasteiger partial charge is 0.257 e. The van der Waals surface area contributed by atoms with Gasteiger partial charge in [-0.1, -0.05) is 48.0 Å². The highest BCUT2D eigenvalue weighted by molar-refractivity contribution is 6.31. The number of aromatic nitrogens is 2. The van der Waals surface area contributed by atoms with E-state index in [1.54, 1.807) is 6.20 Å². The van der Waals surface area contributed by atoms with Crippen LogP contribution in [0.2, 0.25) is 0 Å². The van der Waals surface area contributed by atoms with Gasteiger partial charge in [0.2, 0.25) is 0 Å². The molecule has 25 heavy (non-hydrogen) atoms. The van der Waals surface area contributed by atoms with E-state index < -0.39 is 0 Å². The Hall–Kier alpha value is -3.34. The minimum absolute atomic E-state index is 0.104. The van der Waals surface area contributed by atoms with Gasteiger partial charge in [0.05, 0.1) is 11.3 Å². The summed E-state index contributed by atoms with van der Waals surface area (Å²) in [6.07, 6.45) is 2.48. The molecule has 0 radical (unpaired) electrons. The zero-order valence-corrected chi connectivity index (χ0v) is 13.8. The van der Waals surface area contributed by atoms with Gasteiger partial charge < -0.3 is 10.6 Å². The molecule has 0 saturated carbocycles. The Labute approximate surface area is 145 Å². The second kappa shape index (κ2) is 6.28. The Morgan fingerprint density at radius 3 is 2.88 bits per heavy atom. The van der Waals surface area contributed by atoms with E-state index in [0.717, 1.165) is 29.2 Å². The highest BCUT2D eigenvalue weighted by Crippen LogP contribution is 2.31. The Kier molecular flexibility index (Phi) is 3.82. The van der Waals surface area contributed by atoms with Crippen LogP contribution in [-0.2, 0) is 11.2 Å². The molecule has 3 N–H and O–H groups in total. The van der Waals surface area contributed by atoms with Crippen LogP contribution in [0.4, 0.5) is 11.5 Å². The maximum Gasteiger partial charge on any atom is 0.257 e. The number of rotatable bonds is 4. The molecular weight excluding hydrogens is 312 g/mol. The van der Waals surface area contributed by atoms with Gasteiger partial charge in [-0.3, -0.25) is 9.89 Å². The van der Waals surface area contributed by atoms with Crippen LogP contribution in [0.25, 0.3) is 5.57 Å². The molecule has 1 aromatic heterocycles. The van der Waals surface area contributed by atoms with Gasteiger partial charge in [0, 0.05) is 29.9 Å². The molecule has 2 heterocycles. The van der Waals surface area contributed by atoms with Gasteiger partial charge in [-0.15, -0.1) is 0 Å². The fourth-order valence-corrected chi connectivity index (χ4v) is 2.99.